The van der Waals surface area contributed by atoms with Crippen molar-refractivity contribution in [2.45, 2.75) is 26.7 Å². The lowest BCUT2D eigenvalue weighted by Crippen LogP contribution is -2.08. The molecule has 0 saturated carbocycles. The molecule has 0 amide bonds. The zero-order valence-corrected chi connectivity index (χ0v) is 24.9. The van der Waals surface area contributed by atoms with E-state index in [1.165, 1.54) is 22.7 Å². The summed E-state index contributed by atoms with van der Waals surface area (Å²) >= 11 is 2.89. The van der Waals surface area contributed by atoms with Crippen LogP contribution in [0.3, 0.4) is 0 Å². The molecule has 0 unspecified atom stereocenters. The molecular formula is C32H30N4O4S2. The second-order valence-electron chi connectivity index (χ2n) is 9.21. The minimum absolute atomic E-state index is 0.153. The Labute approximate surface area is 252 Å². The number of ether oxygens (including phenoxy) is 2. The van der Waals surface area contributed by atoms with Crippen molar-refractivity contribution in [3.8, 4) is 11.1 Å². The van der Waals surface area contributed by atoms with Crippen LogP contribution in [0.4, 0.5) is 21.6 Å². The van der Waals surface area contributed by atoms with Gasteiger partial charge in [-0.25, -0.2) is 14.8 Å². The third-order valence-electron chi connectivity index (χ3n) is 6.12. The number of nitrogens with zero attached hydrogens (tertiary/aromatic N) is 2. The SMILES string of the molecule is CCOC(=O)Cc1csc(Nc2cccc(-c3cccc(Nc4nc(C(=O)OCC)c(Cc5ccccc5)s4)c3)c2)n1. The molecule has 0 aliphatic heterocycles. The number of benzene rings is 3. The molecule has 0 fully saturated rings. The predicted octanol–water partition coefficient (Wildman–Crippen LogP) is 7.63. The van der Waals surface area contributed by atoms with Gasteiger partial charge in [0.15, 0.2) is 16.0 Å². The van der Waals surface area contributed by atoms with Gasteiger partial charge in [0.2, 0.25) is 0 Å². The van der Waals surface area contributed by atoms with Crippen molar-refractivity contribution in [3.05, 3.63) is 106 Å². The smallest absolute Gasteiger partial charge is 0.358 e. The van der Waals surface area contributed by atoms with Gasteiger partial charge in [-0.2, -0.15) is 0 Å². The maximum atomic E-state index is 12.7. The lowest BCUT2D eigenvalue weighted by atomic mass is 10.0. The molecule has 0 atom stereocenters. The summed E-state index contributed by atoms with van der Waals surface area (Å²) in [4.78, 5) is 34.4. The molecule has 214 valence electrons. The number of carbonyl (C=O) groups is 2. The summed E-state index contributed by atoms with van der Waals surface area (Å²) in [7, 11) is 0. The van der Waals surface area contributed by atoms with Crippen LogP contribution in [0.25, 0.3) is 11.1 Å². The first-order valence-corrected chi connectivity index (χ1v) is 15.3. The van der Waals surface area contributed by atoms with Gasteiger partial charge in [-0.3, -0.25) is 4.79 Å². The standard InChI is InChI=1S/C32H30N4O4S2/c1-3-39-28(37)19-26-20-41-31(35-26)33-24-14-8-12-22(17-24)23-13-9-15-25(18-23)34-32-36-29(30(38)40-4-2)27(42-32)16-21-10-6-5-7-11-21/h5-15,17-18,20H,3-4,16,19H2,1-2H3,(H,33,35)(H,34,36). The van der Waals surface area contributed by atoms with E-state index in [0.717, 1.165) is 32.9 Å². The van der Waals surface area contributed by atoms with Crippen LogP contribution in [-0.4, -0.2) is 35.1 Å². The molecule has 42 heavy (non-hydrogen) atoms. The summed E-state index contributed by atoms with van der Waals surface area (Å²) in [5.41, 5.74) is 5.88. The van der Waals surface area contributed by atoms with E-state index in [1.807, 2.05) is 84.2 Å². The first-order valence-electron chi connectivity index (χ1n) is 13.6. The van der Waals surface area contributed by atoms with Crippen molar-refractivity contribution in [1.29, 1.82) is 0 Å². The van der Waals surface area contributed by atoms with E-state index in [9.17, 15) is 9.59 Å². The van der Waals surface area contributed by atoms with Gasteiger partial charge in [-0.1, -0.05) is 54.6 Å². The molecule has 0 saturated heterocycles. The topological polar surface area (TPSA) is 102 Å². The number of hydrogen-bond acceptors (Lipinski definition) is 10. The normalized spacial score (nSPS) is 10.7. The molecule has 2 heterocycles. The Morgan fingerprint density at radius 2 is 1.45 bits per heavy atom. The van der Waals surface area contributed by atoms with Gasteiger partial charge >= 0.3 is 11.9 Å². The van der Waals surface area contributed by atoms with Gasteiger partial charge in [0.1, 0.15) is 0 Å². The van der Waals surface area contributed by atoms with Crippen molar-refractivity contribution >= 4 is 56.3 Å². The Hall–Kier alpha value is -4.54. The largest absolute Gasteiger partial charge is 0.466 e. The quantitative estimate of drug-likeness (QED) is 0.141. The Morgan fingerprint density at radius 3 is 2.12 bits per heavy atom. The lowest BCUT2D eigenvalue weighted by molar-refractivity contribution is -0.142. The van der Waals surface area contributed by atoms with E-state index in [1.54, 1.807) is 13.8 Å². The van der Waals surface area contributed by atoms with Gasteiger partial charge in [0.25, 0.3) is 0 Å². The van der Waals surface area contributed by atoms with Crippen LogP contribution < -0.4 is 10.6 Å². The van der Waals surface area contributed by atoms with Crippen LogP contribution in [0.15, 0.2) is 84.2 Å². The maximum absolute atomic E-state index is 12.7. The zero-order chi connectivity index (χ0) is 29.3. The molecule has 5 aromatic rings. The number of aromatic nitrogens is 2. The van der Waals surface area contributed by atoms with Crippen LogP contribution in [0.1, 0.15) is 40.5 Å². The molecule has 0 bridgehead atoms. The Kier molecular flexibility index (Phi) is 9.58. The zero-order valence-electron chi connectivity index (χ0n) is 23.3. The number of nitrogens with one attached hydrogen (secondary N) is 2. The molecule has 0 aliphatic carbocycles. The van der Waals surface area contributed by atoms with Crippen molar-refractivity contribution in [2.75, 3.05) is 23.8 Å². The number of anilines is 4. The van der Waals surface area contributed by atoms with E-state index < -0.39 is 5.97 Å². The predicted molar refractivity (Wildman–Crippen MR) is 168 cm³/mol. The molecule has 5 rings (SSSR count). The second-order valence-corrected chi connectivity index (χ2v) is 11.2. The van der Waals surface area contributed by atoms with E-state index in [0.29, 0.717) is 34.7 Å². The highest BCUT2D eigenvalue weighted by Gasteiger charge is 2.20. The minimum Gasteiger partial charge on any atom is -0.466 e. The molecular weight excluding hydrogens is 569 g/mol. The molecule has 10 heteroatoms. The van der Waals surface area contributed by atoms with Crippen molar-refractivity contribution in [1.82, 2.24) is 9.97 Å². The van der Waals surface area contributed by atoms with E-state index in [2.05, 4.69) is 20.6 Å². The third-order valence-corrected chi connectivity index (χ3v) is 7.89. The third kappa shape index (κ3) is 7.59. The molecule has 8 nitrogen and oxygen atoms in total. The van der Waals surface area contributed by atoms with Crippen molar-refractivity contribution < 1.29 is 19.1 Å². The summed E-state index contributed by atoms with van der Waals surface area (Å²) in [6.07, 6.45) is 0.748. The lowest BCUT2D eigenvalue weighted by Gasteiger charge is -2.09. The van der Waals surface area contributed by atoms with Crippen LogP contribution >= 0.6 is 22.7 Å². The molecule has 2 aromatic heterocycles. The summed E-state index contributed by atoms with van der Waals surface area (Å²) in [5.74, 6) is -0.703. The fourth-order valence-corrected chi connectivity index (χ4v) is 6.00. The molecule has 0 aliphatic rings. The number of hydrogen-bond donors (Lipinski definition) is 2. The Morgan fingerprint density at radius 1 is 0.786 bits per heavy atom. The number of esters is 2. The highest BCUT2D eigenvalue weighted by molar-refractivity contribution is 7.16. The highest BCUT2D eigenvalue weighted by Crippen LogP contribution is 2.32. The van der Waals surface area contributed by atoms with Gasteiger partial charge in [-0.05, 0) is 54.8 Å². The molecule has 0 radical (unpaired) electrons. The van der Waals surface area contributed by atoms with Crippen LogP contribution in [-0.2, 0) is 27.1 Å². The van der Waals surface area contributed by atoms with E-state index in [-0.39, 0.29) is 19.0 Å². The summed E-state index contributed by atoms with van der Waals surface area (Å²) in [5, 5.41) is 9.89. The van der Waals surface area contributed by atoms with Gasteiger partial charge in [-0.15, -0.1) is 22.7 Å². The fraction of sp³-hybridized carbons (Fsp3) is 0.188. The molecule has 2 N–H and O–H groups in total. The van der Waals surface area contributed by atoms with Crippen LogP contribution in [0.2, 0.25) is 0 Å². The summed E-state index contributed by atoms with van der Waals surface area (Å²) < 4.78 is 10.3. The number of thiazole rings is 2. The van der Waals surface area contributed by atoms with Crippen LogP contribution in [0, 0.1) is 0 Å². The highest BCUT2D eigenvalue weighted by atomic mass is 32.1. The molecule has 0 spiro atoms. The monoisotopic (exact) mass is 598 g/mol. The maximum Gasteiger partial charge on any atom is 0.358 e. The van der Waals surface area contributed by atoms with E-state index in [4.69, 9.17) is 9.47 Å². The Bertz CT molecular complexity index is 1670. The average molecular weight is 599 g/mol. The minimum atomic E-state index is -0.418. The summed E-state index contributed by atoms with van der Waals surface area (Å²) in [6, 6.07) is 26.1. The first kappa shape index (κ1) is 29.0. The molecule has 3 aromatic carbocycles. The van der Waals surface area contributed by atoms with Crippen molar-refractivity contribution in [2.24, 2.45) is 0 Å². The Balaban J connectivity index is 1.31. The first-order chi connectivity index (χ1) is 20.5. The average Bonchev–Trinajstić information content (AvgIpc) is 3.60. The summed E-state index contributed by atoms with van der Waals surface area (Å²) in [6.45, 7) is 4.22. The number of carbonyl (C=O) groups excluding carboxylic acids is 2. The second kappa shape index (κ2) is 13.9. The number of rotatable bonds is 12. The van der Waals surface area contributed by atoms with Gasteiger partial charge in [0, 0.05) is 28.1 Å². The fourth-order valence-electron chi connectivity index (χ4n) is 4.27. The van der Waals surface area contributed by atoms with E-state index >= 15 is 0 Å². The van der Waals surface area contributed by atoms with Crippen molar-refractivity contribution in [3.63, 3.8) is 0 Å². The van der Waals surface area contributed by atoms with Gasteiger partial charge < -0.3 is 20.1 Å². The van der Waals surface area contributed by atoms with Crippen LogP contribution in [0.5, 0.6) is 0 Å². The van der Waals surface area contributed by atoms with Gasteiger partial charge in [0.05, 0.1) is 25.3 Å².